The zero-order valence-electron chi connectivity index (χ0n) is 24.2. The molecule has 1 aliphatic rings. The van der Waals surface area contributed by atoms with E-state index in [0.29, 0.717) is 24.6 Å². The lowest BCUT2D eigenvalue weighted by Gasteiger charge is -2.33. The van der Waals surface area contributed by atoms with Crippen molar-refractivity contribution < 1.29 is 19.1 Å². The zero-order valence-corrected chi connectivity index (χ0v) is 25.2. The van der Waals surface area contributed by atoms with Gasteiger partial charge in [0.2, 0.25) is 0 Å². The van der Waals surface area contributed by atoms with Gasteiger partial charge in [-0.3, -0.25) is 0 Å². The number of hydrogen-bond acceptors (Lipinski definition) is 4. The topological polar surface area (TPSA) is 60.8 Å². The molecule has 0 aliphatic heterocycles. The van der Waals surface area contributed by atoms with Crippen LogP contribution in [-0.2, 0) is 22.4 Å². The number of fused-ring (bicyclic) bond motifs is 1. The first-order valence-electron chi connectivity index (χ1n) is 13.4. The minimum absolute atomic E-state index is 0.268. The van der Waals surface area contributed by atoms with E-state index >= 15 is 0 Å². The Hall–Kier alpha value is -2.72. The highest BCUT2D eigenvalue weighted by atomic mass is 28.3. The largest absolute Gasteiger partial charge is 0.444 e. The Labute approximate surface area is 223 Å². The Balaban J connectivity index is 2.02. The highest BCUT2D eigenvalue weighted by Gasteiger charge is 2.30. The number of hydrogen-bond donors (Lipinski definition) is 0. The number of ether oxygens (including phenoxy) is 2. The van der Waals surface area contributed by atoms with Crippen LogP contribution in [0.5, 0.6) is 0 Å². The van der Waals surface area contributed by atoms with E-state index in [0.717, 1.165) is 29.3 Å². The normalized spacial score (nSPS) is 14.5. The maximum atomic E-state index is 13.5. The minimum atomic E-state index is -1.46. The second-order valence-electron chi connectivity index (χ2n) is 13.2. The summed E-state index contributed by atoms with van der Waals surface area (Å²) < 4.78 is 13.2. The predicted molar refractivity (Wildman–Crippen MR) is 152 cm³/mol. The zero-order chi connectivity index (χ0) is 27.6. The van der Waals surface area contributed by atoms with Crippen LogP contribution < -0.4 is 0 Å². The summed E-state index contributed by atoms with van der Waals surface area (Å²) in [5.74, 6) is 3.78. The van der Waals surface area contributed by atoms with Gasteiger partial charge in [0.05, 0.1) is 12.1 Å². The van der Waals surface area contributed by atoms with Gasteiger partial charge in [-0.2, -0.15) is 0 Å². The van der Waals surface area contributed by atoms with Gasteiger partial charge in [-0.05, 0) is 78.0 Å². The van der Waals surface area contributed by atoms with Crippen LogP contribution in [0.4, 0.5) is 9.59 Å². The Morgan fingerprint density at radius 1 is 1.03 bits per heavy atom. The van der Waals surface area contributed by atoms with Crippen molar-refractivity contribution in [2.75, 3.05) is 6.54 Å². The van der Waals surface area contributed by atoms with Crippen LogP contribution in [0.25, 0.3) is 10.9 Å². The fourth-order valence-electron chi connectivity index (χ4n) is 4.18. The SMILES string of the molecule is CC(C)(C)OC(=O)N(Cc1cc2ccc(CC#C[Si](C)(C)C)cc2n1C(=O)OC(C)(C)C)CC1CCC1. The van der Waals surface area contributed by atoms with Gasteiger partial charge in [-0.15, -0.1) is 11.5 Å². The summed E-state index contributed by atoms with van der Waals surface area (Å²) in [7, 11) is -1.46. The molecule has 0 radical (unpaired) electrons. The van der Waals surface area contributed by atoms with E-state index in [1.807, 2.05) is 59.7 Å². The van der Waals surface area contributed by atoms with Crippen molar-refractivity contribution >= 4 is 31.2 Å². The summed E-state index contributed by atoms with van der Waals surface area (Å²) in [5.41, 5.74) is 4.68. The van der Waals surface area contributed by atoms with Crippen LogP contribution in [0.15, 0.2) is 24.3 Å². The van der Waals surface area contributed by atoms with Crippen LogP contribution in [0.3, 0.4) is 0 Å². The van der Waals surface area contributed by atoms with Gasteiger partial charge in [0.25, 0.3) is 0 Å². The first kappa shape index (κ1) is 28.8. The van der Waals surface area contributed by atoms with Crippen molar-refractivity contribution in [3.63, 3.8) is 0 Å². The summed E-state index contributed by atoms with van der Waals surface area (Å²) in [6.07, 6.45) is 3.22. The Morgan fingerprint density at radius 2 is 1.68 bits per heavy atom. The molecule has 7 heteroatoms. The lowest BCUT2D eigenvalue weighted by molar-refractivity contribution is 0.0163. The van der Waals surface area contributed by atoms with E-state index in [9.17, 15) is 9.59 Å². The highest BCUT2D eigenvalue weighted by Crippen LogP contribution is 2.30. The molecule has 2 aromatic rings. The molecule has 0 spiro atoms. The van der Waals surface area contributed by atoms with Crippen molar-refractivity contribution in [2.24, 2.45) is 5.92 Å². The molecule has 0 bridgehead atoms. The summed E-state index contributed by atoms with van der Waals surface area (Å²) in [4.78, 5) is 28.4. The molecule has 0 unspecified atom stereocenters. The van der Waals surface area contributed by atoms with Gasteiger partial charge in [-0.1, -0.05) is 38.2 Å². The number of aromatic nitrogens is 1. The molecule has 1 amide bonds. The van der Waals surface area contributed by atoms with Crippen molar-refractivity contribution in [1.29, 1.82) is 0 Å². The van der Waals surface area contributed by atoms with Crippen LogP contribution in [0.2, 0.25) is 19.6 Å². The van der Waals surface area contributed by atoms with E-state index in [-0.39, 0.29) is 12.6 Å². The van der Waals surface area contributed by atoms with E-state index in [1.54, 1.807) is 9.47 Å². The molecule has 1 aromatic carbocycles. The molecule has 0 atom stereocenters. The van der Waals surface area contributed by atoms with Gasteiger partial charge in [-0.25, -0.2) is 14.2 Å². The number of amides is 1. The third kappa shape index (κ3) is 8.67. The van der Waals surface area contributed by atoms with Crippen LogP contribution in [-0.4, -0.2) is 47.5 Å². The molecule has 1 aliphatic carbocycles. The quantitative estimate of drug-likeness (QED) is 0.302. The maximum Gasteiger partial charge on any atom is 0.419 e. The van der Waals surface area contributed by atoms with E-state index in [2.05, 4.69) is 37.2 Å². The van der Waals surface area contributed by atoms with E-state index in [1.165, 1.54) is 6.42 Å². The van der Waals surface area contributed by atoms with Crippen molar-refractivity contribution in [1.82, 2.24) is 9.47 Å². The fourth-order valence-corrected chi connectivity index (χ4v) is 4.80. The third-order valence-corrected chi connectivity index (χ3v) is 6.91. The van der Waals surface area contributed by atoms with E-state index in [4.69, 9.17) is 9.47 Å². The summed E-state index contributed by atoms with van der Waals surface area (Å²) in [5, 5.41) is 0.926. The Bertz CT molecular complexity index is 1190. The molecule has 0 saturated heterocycles. The Morgan fingerprint density at radius 3 is 2.22 bits per heavy atom. The average molecular weight is 525 g/mol. The van der Waals surface area contributed by atoms with Crippen LogP contribution >= 0.6 is 0 Å². The lowest BCUT2D eigenvalue weighted by atomic mass is 9.85. The van der Waals surface area contributed by atoms with Crippen LogP contribution in [0.1, 0.15) is 72.1 Å². The Kier molecular flexibility index (Phi) is 8.53. The van der Waals surface area contributed by atoms with E-state index < -0.39 is 25.4 Å². The minimum Gasteiger partial charge on any atom is -0.444 e. The van der Waals surface area contributed by atoms with Gasteiger partial charge in [0, 0.05) is 24.0 Å². The lowest BCUT2D eigenvalue weighted by Crippen LogP contribution is -2.41. The first-order valence-corrected chi connectivity index (χ1v) is 16.9. The maximum absolute atomic E-state index is 13.5. The van der Waals surface area contributed by atoms with Crippen molar-refractivity contribution in [3.8, 4) is 11.5 Å². The standard InChI is InChI=1S/C30H44N2O4Si/c1-29(2,3)35-27(33)31(20-23-12-10-13-23)21-25-19-24-16-15-22(14-11-17-37(7,8)9)18-26(24)32(25)28(34)36-30(4,5)6/h15-16,18-19,23H,10,12-14,20-21H2,1-9H3. The van der Waals surface area contributed by atoms with Gasteiger partial charge in [0.15, 0.2) is 0 Å². The number of rotatable bonds is 5. The van der Waals surface area contributed by atoms with Crippen molar-refractivity contribution in [3.05, 3.63) is 35.5 Å². The molecule has 1 saturated carbocycles. The molecule has 37 heavy (non-hydrogen) atoms. The molecule has 6 nitrogen and oxygen atoms in total. The highest BCUT2D eigenvalue weighted by molar-refractivity contribution is 6.83. The van der Waals surface area contributed by atoms with Crippen LogP contribution in [0, 0.1) is 17.4 Å². The predicted octanol–water partition coefficient (Wildman–Crippen LogP) is 7.39. The monoisotopic (exact) mass is 524 g/mol. The molecule has 1 fully saturated rings. The van der Waals surface area contributed by atoms with Gasteiger partial charge >= 0.3 is 12.2 Å². The number of carbonyl (C=O) groups excluding carboxylic acids is 2. The van der Waals surface area contributed by atoms with Gasteiger partial charge < -0.3 is 14.4 Å². The number of carbonyl (C=O) groups is 2. The summed E-state index contributed by atoms with van der Waals surface area (Å²) >= 11 is 0. The summed E-state index contributed by atoms with van der Waals surface area (Å²) in [6.45, 7) is 18.7. The fraction of sp³-hybridized carbons (Fsp3) is 0.600. The molecule has 202 valence electrons. The smallest absolute Gasteiger partial charge is 0.419 e. The number of benzene rings is 1. The first-order chi connectivity index (χ1) is 17.0. The molecular weight excluding hydrogens is 480 g/mol. The summed E-state index contributed by atoms with van der Waals surface area (Å²) in [6, 6.07) is 8.08. The molecular formula is C30H44N2O4Si. The van der Waals surface area contributed by atoms with Crippen molar-refractivity contribution in [2.45, 2.75) is 105 Å². The number of nitrogens with zero attached hydrogens (tertiary/aromatic N) is 2. The molecule has 1 heterocycles. The van der Waals surface area contributed by atoms with Gasteiger partial charge in [0.1, 0.15) is 19.3 Å². The second kappa shape index (κ2) is 10.9. The second-order valence-corrected chi connectivity index (χ2v) is 18.0. The third-order valence-electron chi connectivity index (χ3n) is 5.98. The average Bonchev–Trinajstić information content (AvgIpc) is 3.03. The molecule has 0 N–H and O–H groups in total. The molecule has 1 aromatic heterocycles. The molecule has 3 rings (SSSR count).